The first-order chi connectivity index (χ1) is 9.90. The van der Waals surface area contributed by atoms with E-state index in [1.54, 1.807) is 31.3 Å². The molecule has 0 saturated carbocycles. The molecular formula is C16H16ClFN2O. The van der Waals surface area contributed by atoms with Crippen molar-refractivity contribution in [3.05, 3.63) is 63.9 Å². The number of amides is 1. The maximum atomic E-state index is 13.8. The molecule has 2 N–H and O–H groups in total. The monoisotopic (exact) mass is 306 g/mol. The lowest BCUT2D eigenvalue weighted by Crippen LogP contribution is -2.27. The molecule has 0 atom stereocenters. The SMILES string of the molecule is Cc1cc(N)ccc1C(=O)N(C)Cc1c(F)cccc1Cl. The van der Waals surface area contributed by atoms with Crippen LogP contribution in [0.4, 0.5) is 10.1 Å². The molecule has 0 aliphatic heterocycles. The second-order valence-corrected chi connectivity index (χ2v) is 5.34. The minimum absolute atomic E-state index is 0.105. The van der Waals surface area contributed by atoms with Crippen molar-refractivity contribution in [2.24, 2.45) is 0 Å². The third kappa shape index (κ3) is 3.34. The van der Waals surface area contributed by atoms with Gasteiger partial charge in [-0.25, -0.2) is 4.39 Å². The molecule has 0 bridgehead atoms. The summed E-state index contributed by atoms with van der Waals surface area (Å²) >= 11 is 5.98. The summed E-state index contributed by atoms with van der Waals surface area (Å²) in [5.41, 5.74) is 7.91. The number of hydrogen-bond donors (Lipinski definition) is 1. The Kier molecular flexibility index (Phi) is 4.48. The molecule has 0 radical (unpaired) electrons. The maximum absolute atomic E-state index is 13.8. The van der Waals surface area contributed by atoms with E-state index in [0.717, 1.165) is 5.56 Å². The summed E-state index contributed by atoms with van der Waals surface area (Å²) in [6.07, 6.45) is 0. The number of benzene rings is 2. The molecule has 3 nitrogen and oxygen atoms in total. The summed E-state index contributed by atoms with van der Waals surface area (Å²) in [5, 5.41) is 0.309. The fourth-order valence-electron chi connectivity index (χ4n) is 2.12. The Balaban J connectivity index is 2.24. The Morgan fingerprint density at radius 3 is 2.67 bits per heavy atom. The van der Waals surface area contributed by atoms with Crippen LogP contribution in [-0.2, 0) is 6.54 Å². The van der Waals surface area contributed by atoms with E-state index in [-0.39, 0.29) is 12.5 Å². The Bertz CT molecular complexity index is 668. The molecule has 2 aromatic rings. The zero-order chi connectivity index (χ0) is 15.6. The fourth-order valence-corrected chi connectivity index (χ4v) is 2.35. The topological polar surface area (TPSA) is 46.3 Å². The summed E-state index contributed by atoms with van der Waals surface area (Å²) in [6.45, 7) is 1.92. The first-order valence-corrected chi connectivity index (χ1v) is 6.82. The molecule has 110 valence electrons. The number of halogens is 2. The molecule has 0 aromatic heterocycles. The van der Waals surface area contributed by atoms with Gasteiger partial charge in [-0.3, -0.25) is 4.79 Å². The summed E-state index contributed by atoms with van der Waals surface area (Å²) in [6, 6.07) is 9.54. The van der Waals surface area contributed by atoms with Gasteiger partial charge < -0.3 is 10.6 Å². The predicted octanol–water partition coefficient (Wildman–Crippen LogP) is 3.64. The van der Waals surface area contributed by atoms with Gasteiger partial charge in [-0.15, -0.1) is 0 Å². The molecule has 0 saturated heterocycles. The van der Waals surface area contributed by atoms with Gasteiger partial charge in [-0.1, -0.05) is 17.7 Å². The van der Waals surface area contributed by atoms with Gasteiger partial charge in [-0.05, 0) is 42.8 Å². The van der Waals surface area contributed by atoms with Crippen LogP contribution < -0.4 is 5.73 Å². The van der Waals surface area contributed by atoms with Gasteiger partial charge in [0.05, 0.1) is 0 Å². The zero-order valence-electron chi connectivity index (χ0n) is 11.9. The summed E-state index contributed by atoms with van der Waals surface area (Å²) in [4.78, 5) is 13.9. The molecule has 0 unspecified atom stereocenters. The third-order valence-corrected chi connectivity index (χ3v) is 3.64. The average Bonchev–Trinajstić information content (AvgIpc) is 2.42. The lowest BCUT2D eigenvalue weighted by atomic mass is 10.1. The number of hydrogen-bond acceptors (Lipinski definition) is 2. The molecular weight excluding hydrogens is 291 g/mol. The minimum Gasteiger partial charge on any atom is -0.399 e. The van der Waals surface area contributed by atoms with Crippen LogP contribution in [0, 0.1) is 12.7 Å². The summed E-state index contributed by atoms with van der Waals surface area (Å²) in [7, 11) is 1.61. The summed E-state index contributed by atoms with van der Waals surface area (Å²) in [5.74, 6) is -0.622. The number of carbonyl (C=O) groups excluding carboxylic acids is 1. The van der Waals surface area contributed by atoms with Crippen molar-refractivity contribution in [3.8, 4) is 0 Å². The number of nitrogen functional groups attached to an aromatic ring is 1. The second-order valence-electron chi connectivity index (χ2n) is 4.94. The van der Waals surface area contributed by atoms with Crippen LogP contribution in [0.5, 0.6) is 0 Å². The maximum Gasteiger partial charge on any atom is 0.254 e. The van der Waals surface area contributed by atoms with Crippen LogP contribution in [0.3, 0.4) is 0 Å². The van der Waals surface area contributed by atoms with Crippen molar-refractivity contribution >= 4 is 23.2 Å². The molecule has 21 heavy (non-hydrogen) atoms. The van der Waals surface area contributed by atoms with E-state index < -0.39 is 5.82 Å². The molecule has 0 aliphatic carbocycles. The van der Waals surface area contributed by atoms with Crippen molar-refractivity contribution in [2.45, 2.75) is 13.5 Å². The molecule has 0 fully saturated rings. The van der Waals surface area contributed by atoms with Gasteiger partial charge in [0.15, 0.2) is 0 Å². The fraction of sp³-hybridized carbons (Fsp3) is 0.188. The molecule has 0 spiro atoms. The number of rotatable bonds is 3. The lowest BCUT2D eigenvalue weighted by molar-refractivity contribution is 0.0783. The normalized spacial score (nSPS) is 10.5. The van der Waals surface area contributed by atoms with Crippen LogP contribution in [0.1, 0.15) is 21.5 Å². The van der Waals surface area contributed by atoms with Crippen molar-refractivity contribution in [1.82, 2.24) is 4.90 Å². The highest BCUT2D eigenvalue weighted by Crippen LogP contribution is 2.22. The third-order valence-electron chi connectivity index (χ3n) is 3.28. The zero-order valence-corrected chi connectivity index (χ0v) is 12.6. The van der Waals surface area contributed by atoms with Crippen LogP contribution in [0.25, 0.3) is 0 Å². The molecule has 2 aromatic carbocycles. The van der Waals surface area contributed by atoms with E-state index >= 15 is 0 Å². The van der Waals surface area contributed by atoms with Crippen molar-refractivity contribution in [2.75, 3.05) is 12.8 Å². The van der Waals surface area contributed by atoms with Crippen LogP contribution in [-0.4, -0.2) is 17.9 Å². The lowest BCUT2D eigenvalue weighted by Gasteiger charge is -2.19. The number of anilines is 1. The molecule has 2 rings (SSSR count). The highest BCUT2D eigenvalue weighted by molar-refractivity contribution is 6.31. The number of nitrogens with zero attached hydrogens (tertiary/aromatic N) is 1. The summed E-state index contributed by atoms with van der Waals surface area (Å²) < 4.78 is 13.8. The van der Waals surface area contributed by atoms with E-state index in [4.69, 9.17) is 17.3 Å². The van der Waals surface area contributed by atoms with Gasteiger partial charge in [0.25, 0.3) is 5.91 Å². The van der Waals surface area contributed by atoms with Crippen LogP contribution >= 0.6 is 11.6 Å². The molecule has 0 aliphatic rings. The largest absolute Gasteiger partial charge is 0.399 e. The second kappa shape index (κ2) is 6.14. The Hall–Kier alpha value is -2.07. The Morgan fingerprint density at radius 2 is 2.05 bits per heavy atom. The Morgan fingerprint density at radius 1 is 1.33 bits per heavy atom. The van der Waals surface area contributed by atoms with E-state index in [9.17, 15) is 9.18 Å². The van der Waals surface area contributed by atoms with Crippen LogP contribution in [0.2, 0.25) is 5.02 Å². The Labute approximate surface area is 128 Å². The number of carbonyl (C=O) groups is 1. The average molecular weight is 307 g/mol. The van der Waals surface area contributed by atoms with Crippen molar-refractivity contribution < 1.29 is 9.18 Å². The van der Waals surface area contributed by atoms with Gasteiger partial charge in [0, 0.05) is 35.4 Å². The van der Waals surface area contributed by atoms with E-state index in [1.807, 2.05) is 6.92 Å². The quantitative estimate of drug-likeness (QED) is 0.880. The highest BCUT2D eigenvalue weighted by atomic mass is 35.5. The predicted molar refractivity (Wildman–Crippen MR) is 82.8 cm³/mol. The van der Waals surface area contributed by atoms with E-state index in [2.05, 4.69) is 0 Å². The van der Waals surface area contributed by atoms with Gasteiger partial charge in [-0.2, -0.15) is 0 Å². The van der Waals surface area contributed by atoms with Gasteiger partial charge in [0.1, 0.15) is 5.82 Å². The number of nitrogens with two attached hydrogens (primary N) is 1. The van der Waals surface area contributed by atoms with Gasteiger partial charge in [0.2, 0.25) is 0 Å². The van der Waals surface area contributed by atoms with E-state index in [0.29, 0.717) is 21.8 Å². The van der Waals surface area contributed by atoms with E-state index in [1.165, 1.54) is 17.0 Å². The van der Waals surface area contributed by atoms with Gasteiger partial charge >= 0.3 is 0 Å². The first kappa shape index (κ1) is 15.3. The smallest absolute Gasteiger partial charge is 0.254 e. The molecule has 1 amide bonds. The minimum atomic E-state index is -0.420. The standard InChI is InChI=1S/C16H16ClFN2O/c1-10-8-11(19)6-7-12(10)16(21)20(2)9-13-14(17)4-3-5-15(13)18/h3-8H,9,19H2,1-2H3. The van der Waals surface area contributed by atoms with Crippen molar-refractivity contribution in [3.63, 3.8) is 0 Å². The molecule has 0 heterocycles. The first-order valence-electron chi connectivity index (χ1n) is 6.44. The number of aryl methyl sites for hydroxylation is 1. The van der Waals surface area contributed by atoms with Crippen molar-refractivity contribution in [1.29, 1.82) is 0 Å². The molecule has 5 heteroatoms. The van der Waals surface area contributed by atoms with Crippen LogP contribution in [0.15, 0.2) is 36.4 Å². The highest BCUT2D eigenvalue weighted by Gasteiger charge is 2.17.